The molecule has 0 aliphatic carbocycles. The topological polar surface area (TPSA) is 105 Å². The van der Waals surface area contributed by atoms with Gasteiger partial charge in [0.1, 0.15) is 11.2 Å². The Hall–Kier alpha value is -5.12. The summed E-state index contributed by atoms with van der Waals surface area (Å²) >= 11 is 0. The van der Waals surface area contributed by atoms with Crippen molar-refractivity contribution in [1.29, 1.82) is 0 Å². The van der Waals surface area contributed by atoms with Gasteiger partial charge in [0.25, 0.3) is 0 Å². The molecule has 0 spiro atoms. The third-order valence-electron chi connectivity index (χ3n) is 10.0. The highest BCUT2D eigenvalue weighted by atomic mass is 16.7. The van der Waals surface area contributed by atoms with Gasteiger partial charge < -0.3 is 18.1 Å². The van der Waals surface area contributed by atoms with E-state index in [0.29, 0.717) is 45.8 Å². The summed E-state index contributed by atoms with van der Waals surface area (Å²) in [5, 5.41) is 2.60. The van der Waals surface area contributed by atoms with Gasteiger partial charge in [0.05, 0.1) is 33.0 Å². The van der Waals surface area contributed by atoms with Crippen LogP contribution in [-0.2, 0) is 35.0 Å². The van der Waals surface area contributed by atoms with Crippen molar-refractivity contribution in [2.75, 3.05) is 0 Å². The largest absolute Gasteiger partial charge is 0.494 e. The summed E-state index contributed by atoms with van der Waals surface area (Å²) in [6, 6.07) is 25.2. The minimum Gasteiger partial charge on any atom is -0.422 e. The highest BCUT2D eigenvalue weighted by Crippen LogP contribution is 2.36. The van der Waals surface area contributed by atoms with Crippen LogP contribution in [0, 0.1) is 0 Å². The molecule has 9 heteroatoms. The van der Waals surface area contributed by atoms with Crippen LogP contribution >= 0.6 is 0 Å². The van der Waals surface area contributed by atoms with Crippen molar-refractivity contribution in [1.82, 2.24) is 9.97 Å². The number of para-hydroxylation sites is 2. The lowest BCUT2D eigenvalue weighted by molar-refractivity contribution is 0.00578. The van der Waals surface area contributed by atoms with E-state index in [0.717, 1.165) is 51.3 Å². The molecule has 8 nitrogen and oxygen atoms in total. The van der Waals surface area contributed by atoms with Crippen molar-refractivity contribution in [3.05, 3.63) is 134 Å². The predicted molar refractivity (Wildman–Crippen MR) is 193 cm³/mol. The van der Waals surface area contributed by atoms with Crippen molar-refractivity contribution in [2.24, 2.45) is 0 Å². The van der Waals surface area contributed by atoms with Gasteiger partial charge in [0.15, 0.2) is 0 Å². The minimum atomic E-state index is -0.510. The Morgan fingerprint density at radius 3 is 1.45 bits per heavy atom. The molecule has 49 heavy (non-hydrogen) atoms. The lowest BCUT2D eigenvalue weighted by atomic mass is 9.76. The van der Waals surface area contributed by atoms with E-state index in [9.17, 15) is 9.59 Å². The molecular weight excluding hydrogens is 615 g/mol. The molecular formula is C40H35BN2O6. The molecule has 0 bridgehead atoms. The maximum atomic E-state index is 12.8. The summed E-state index contributed by atoms with van der Waals surface area (Å²) in [6.07, 6.45) is 6.50. The van der Waals surface area contributed by atoms with Crippen LogP contribution in [0.3, 0.4) is 0 Å². The van der Waals surface area contributed by atoms with Crippen LogP contribution in [0.2, 0.25) is 0 Å². The maximum absolute atomic E-state index is 12.8. The number of aryl methyl sites for hydroxylation is 4. The highest BCUT2D eigenvalue weighted by molar-refractivity contribution is 6.62. The monoisotopic (exact) mass is 650 g/mol. The number of pyridine rings is 2. The summed E-state index contributed by atoms with van der Waals surface area (Å²) in [7, 11) is -0.510. The van der Waals surface area contributed by atoms with Crippen LogP contribution in [0.1, 0.15) is 49.9 Å². The molecule has 4 aromatic heterocycles. The van der Waals surface area contributed by atoms with Gasteiger partial charge in [-0.2, -0.15) is 0 Å². The van der Waals surface area contributed by atoms with Gasteiger partial charge in [-0.3, -0.25) is 9.97 Å². The zero-order valence-electron chi connectivity index (χ0n) is 27.9. The zero-order chi connectivity index (χ0) is 33.9. The lowest BCUT2D eigenvalue weighted by Gasteiger charge is -2.32. The van der Waals surface area contributed by atoms with Gasteiger partial charge in [-0.15, -0.1) is 0 Å². The fourth-order valence-corrected chi connectivity index (χ4v) is 6.61. The van der Waals surface area contributed by atoms with Crippen LogP contribution in [0.25, 0.3) is 43.7 Å². The summed E-state index contributed by atoms with van der Waals surface area (Å²) in [5.41, 5.74) is 5.74. The van der Waals surface area contributed by atoms with Gasteiger partial charge in [-0.25, -0.2) is 9.59 Å². The zero-order valence-corrected chi connectivity index (χ0v) is 27.9. The molecule has 8 rings (SSSR count). The molecule has 0 N–H and O–H groups in total. The SMILES string of the molecule is CC1(C)OB(c2cc(CCc3cnc4c(c3)c(=O)oc3ccccc34)cc(CCc3cnc4c(c3)c(=O)oc3ccccc34)c2)OC1(C)C. The number of aromatic nitrogens is 2. The van der Waals surface area contributed by atoms with E-state index >= 15 is 0 Å². The molecule has 1 saturated heterocycles. The molecule has 7 aromatic rings. The third kappa shape index (κ3) is 5.73. The van der Waals surface area contributed by atoms with Crippen LogP contribution in [0.15, 0.2) is 110 Å². The van der Waals surface area contributed by atoms with E-state index in [2.05, 4.69) is 55.9 Å². The molecule has 1 aliphatic rings. The molecule has 0 atom stereocenters. The van der Waals surface area contributed by atoms with Crippen LogP contribution in [0.5, 0.6) is 0 Å². The van der Waals surface area contributed by atoms with Crippen molar-refractivity contribution < 1.29 is 18.1 Å². The normalized spacial score (nSPS) is 15.6. The Morgan fingerprint density at radius 1 is 0.551 bits per heavy atom. The van der Waals surface area contributed by atoms with E-state index in [-0.39, 0.29) is 11.3 Å². The van der Waals surface area contributed by atoms with Gasteiger partial charge in [-0.1, -0.05) is 42.5 Å². The molecule has 0 saturated carbocycles. The van der Waals surface area contributed by atoms with E-state index in [4.69, 9.17) is 18.1 Å². The molecule has 5 heterocycles. The number of rotatable bonds is 7. The molecule has 1 fully saturated rings. The van der Waals surface area contributed by atoms with Gasteiger partial charge in [0, 0.05) is 23.2 Å². The van der Waals surface area contributed by atoms with Crippen molar-refractivity contribution >= 4 is 56.3 Å². The molecule has 0 amide bonds. The van der Waals surface area contributed by atoms with Crippen LogP contribution in [0.4, 0.5) is 0 Å². The van der Waals surface area contributed by atoms with Gasteiger partial charge >= 0.3 is 18.4 Å². The Labute approximate surface area is 282 Å². The van der Waals surface area contributed by atoms with Crippen molar-refractivity contribution in [3.63, 3.8) is 0 Å². The first-order chi connectivity index (χ1) is 23.5. The summed E-state index contributed by atoms with van der Waals surface area (Å²) < 4.78 is 24.0. The van der Waals surface area contributed by atoms with E-state index < -0.39 is 18.3 Å². The highest BCUT2D eigenvalue weighted by Gasteiger charge is 2.51. The van der Waals surface area contributed by atoms with Crippen molar-refractivity contribution in [2.45, 2.75) is 64.6 Å². The second-order valence-corrected chi connectivity index (χ2v) is 13.9. The third-order valence-corrected chi connectivity index (χ3v) is 10.0. The molecule has 3 aromatic carbocycles. The number of hydrogen-bond donors (Lipinski definition) is 0. The Balaban J connectivity index is 1.09. The first-order valence-electron chi connectivity index (χ1n) is 16.6. The Bertz CT molecular complexity index is 2370. The smallest absolute Gasteiger partial charge is 0.422 e. The predicted octanol–water partition coefficient (Wildman–Crippen LogP) is 6.87. The second kappa shape index (κ2) is 11.8. The number of nitrogens with zero attached hydrogens (tertiary/aromatic N) is 2. The summed E-state index contributed by atoms with van der Waals surface area (Å²) in [4.78, 5) is 35.0. The fourth-order valence-electron chi connectivity index (χ4n) is 6.61. The van der Waals surface area contributed by atoms with Gasteiger partial charge in [-0.05, 0) is 117 Å². The molecule has 1 aliphatic heterocycles. The average molecular weight is 651 g/mol. The number of benzene rings is 3. The minimum absolute atomic E-state index is 0.387. The van der Waals surface area contributed by atoms with Gasteiger partial charge in [0.2, 0.25) is 0 Å². The van der Waals surface area contributed by atoms with E-state index in [1.165, 1.54) is 0 Å². The summed E-state index contributed by atoms with van der Waals surface area (Å²) in [6.45, 7) is 8.21. The Morgan fingerprint density at radius 2 is 0.980 bits per heavy atom. The first-order valence-corrected chi connectivity index (χ1v) is 16.6. The first kappa shape index (κ1) is 31.2. The van der Waals surface area contributed by atoms with Crippen LogP contribution < -0.4 is 16.7 Å². The average Bonchev–Trinajstić information content (AvgIpc) is 3.32. The molecule has 0 radical (unpaired) electrons. The number of fused-ring (bicyclic) bond motifs is 6. The fraction of sp³-hybridized carbons (Fsp3) is 0.250. The number of hydrogen-bond acceptors (Lipinski definition) is 8. The Kier molecular flexibility index (Phi) is 7.50. The maximum Gasteiger partial charge on any atom is 0.494 e. The quantitative estimate of drug-likeness (QED) is 0.105. The van der Waals surface area contributed by atoms with E-state index in [1.54, 1.807) is 12.1 Å². The lowest BCUT2D eigenvalue weighted by Crippen LogP contribution is -2.41. The van der Waals surface area contributed by atoms with E-state index in [1.807, 2.05) is 60.9 Å². The molecule has 0 unspecified atom stereocenters. The van der Waals surface area contributed by atoms with Crippen LogP contribution in [-0.4, -0.2) is 28.3 Å². The molecule has 244 valence electrons. The summed E-state index contributed by atoms with van der Waals surface area (Å²) in [5.74, 6) is 0. The second-order valence-electron chi connectivity index (χ2n) is 13.9. The van der Waals surface area contributed by atoms with Crippen molar-refractivity contribution in [3.8, 4) is 0 Å². The standard InChI is InChI=1S/C40H35BN2O6/c1-39(2)40(3,4)49-41(48-39)28-18-24(13-15-26-20-31-35(42-22-26)29-9-5-7-11-33(29)46-37(31)44)17-25(19-28)14-16-27-21-32-36(43-23-27)30-10-6-8-12-34(30)47-38(32)45/h5-12,17-23H,13-16H2,1-4H3.